The zero-order valence-electron chi connectivity index (χ0n) is 11.1. The van der Waals surface area contributed by atoms with E-state index >= 15 is 0 Å². The molecule has 0 saturated carbocycles. The molecule has 1 heterocycles. The third-order valence-corrected chi connectivity index (χ3v) is 3.79. The van der Waals surface area contributed by atoms with Crippen molar-refractivity contribution in [3.8, 4) is 0 Å². The Morgan fingerprint density at radius 1 is 1.39 bits per heavy atom. The fraction of sp³-hybridized carbons (Fsp3) is 0.533. The van der Waals surface area contributed by atoms with Crippen molar-refractivity contribution in [1.29, 1.82) is 0 Å². The summed E-state index contributed by atoms with van der Waals surface area (Å²) in [4.78, 5) is 14.2. The molecule has 2 N–H and O–H groups in total. The maximum Gasteiger partial charge on any atom is 0.223 e. The number of hydrogen-bond acceptors (Lipinski definition) is 2. The number of likely N-dealkylation sites (tertiary alicyclic amines) is 1. The third kappa shape index (κ3) is 3.03. The van der Waals surface area contributed by atoms with Crippen LogP contribution in [-0.2, 0) is 11.2 Å². The van der Waals surface area contributed by atoms with Crippen LogP contribution in [0.1, 0.15) is 38.2 Å². The van der Waals surface area contributed by atoms with Gasteiger partial charge in [0, 0.05) is 24.7 Å². The van der Waals surface area contributed by atoms with Crippen LogP contribution in [0.3, 0.4) is 0 Å². The van der Waals surface area contributed by atoms with Gasteiger partial charge in [0.1, 0.15) is 0 Å². The lowest BCUT2D eigenvalue weighted by Crippen LogP contribution is -2.42. The Bertz CT molecular complexity index is 417. The standard InChI is InChI=1S/C15H22N2O/c1-12-6-4-5-11-17(12)15(18)10-9-13-7-2-3-8-14(13)16/h2-3,7-8,12H,4-6,9-11,16H2,1H3. The van der Waals surface area contributed by atoms with E-state index in [2.05, 4.69) is 6.92 Å². The summed E-state index contributed by atoms with van der Waals surface area (Å²) in [6.45, 7) is 3.07. The van der Waals surface area contributed by atoms with E-state index in [-0.39, 0.29) is 5.91 Å². The van der Waals surface area contributed by atoms with Crippen LogP contribution in [0.25, 0.3) is 0 Å². The number of piperidine rings is 1. The molecule has 0 aromatic heterocycles. The Labute approximate surface area is 109 Å². The fourth-order valence-electron chi connectivity index (χ4n) is 2.62. The number of amides is 1. The van der Waals surface area contributed by atoms with Crippen LogP contribution in [0, 0.1) is 0 Å². The first-order chi connectivity index (χ1) is 8.68. The molecule has 1 unspecified atom stereocenters. The second-order valence-electron chi connectivity index (χ2n) is 5.13. The van der Waals surface area contributed by atoms with Gasteiger partial charge in [-0.25, -0.2) is 0 Å². The molecule has 0 aliphatic carbocycles. The smallest absolute Gasteiger partial charge is 0.223 e. The van der Waals surface area contributed by atoms with Crippen LogP contribution in [-0.4, -0.2) is 23.4 Å². The van der Waals surface area contributed by atoms with Gasteiger partial charge in [0.2, 0.25) is 5.91 Å². The highest BCUT2D eigenvalue weighted by atomic mass is 16.2. The quantitative estimate of drug-likeness (QED) is 0.833. The van der Waals surface area contributed by atoms with Crippen molar-refractivity contribution in [2.75, 3.05) is 12.3 Å². The maximum atomic E-state index is 12.2. The molecule has 98 valence electrons. The van der Waals surface area contributed by atoms with Gasteiger partial charge >= 0.3 is 0 Å². The summed E-state index contributed by atoms with van der Waals surface area (Å²) >= 11 is 0. The molecule has 18 heavy (non-hydrogen) atoms. The van der Waals surface area contributed by atoms with Crippen molar-refractivity contribution in [3.05, 3.63) is 29.8 Å². The Kier molecular flexibility index (Phi) is 4.24. The molecule has 1 amide bonds. The van der Waals surface area contributed by atoms with E-state index < -0.39 is 0 Å². The molecule has 0 spiro atoms. The largest absolute Gasteiger partial charge is 0.399 e. The van der Waals surface area contributed by atoms with E-state index in [0.717, 1.165) is 37.1 Å². The number of hydrogen-bond donors (Lipinski definition) is 1. The first-order valence-electron chi connectivity index (χ1n) is 6.81. The lowest BCUT2D eigenvalue weighted by molar-refractivity contribution is -0.134. The van der Waals surface area contributed by atoms with E-state index in [1.54, 1.807) is 0 Å². The summed E-state index contributed by atoms with van der Waals surface area (Å²) in [5.74, 6) is 0.269. The number of nitrogen functional groups attached to an aromatic ring is 1. The average Bonchev–Trinajstić information content (AvgIpc) is 2.38. The number of rotatable bonds is 3. The van der Waals surface area contributed by atoms with E-state index in [9.17, 15) is 4.79 Å². The fourth-order valence-corrected chi connectivity index (χ4v) is 2.62. The van der Waals surface area contributed by atoms with Crippen molar-refractivity contribution in [3.63, 3.8) is 0 Å². The summed E-state index contributed by atoms with van der Waals surface area (Å²) in [5, 5.41) is 0. The van der Waals surface area contributed by atoms with Gasteiger partial charge in [-0.05, 0) is 44.2 Å². The van der Waals surface area contributed by atoms with E-state index in [1.807, 2.05) is 29.2 Å². The molecule has 1 atom stereocenters. The molecule has 0 radical (unpaired) electrons. The summed E-state index contributed by atoms with van der Waals surface area (Å²) in [6.07, 6.45) is 4.84. The first kappa shape index (κ1) is 12.9. The number of carbonyl (C=O) groups excluding carboxylic acids is 1. The molecule has 2 rings (SSSR count). The Morgan fingerprint density at radius 2 is 2.17 bits per heavy atom. The van der Waals surface area contributed by atoms with Crippen LogP contribution in [0.15, 0.2) is 24.3 Å². The van der Waals surface area contributed by atoms with Gasteiger partial charge in [0.25, 0.3) is 0 Å². The molecule has 1 fully saturated rings. The molecule has 1 aliphatic rings. The van der Waals surface area contributed by atoms with Gasteiger partial charge in [-0.3, -0.25) is 4.79 Å². The lowest BCUT2D eigenvalue weighted by atomic mass is 10.0. The van der Waals surface area contributed by atoms with Crippen LogP contribution < -0.4 is 5.73 Å². The third-order valence-electron chi connectivity index (χ3n) is 3.79. The second kappa shape index (κ2) is 5.89. The number of benzene rings is 1. The van der Waals surface area contributed by atoms with Gasteiger partial charge in [-0.2, -0.15) is 0 Å². The molecule has 1 saturated heterocycles. The Balaban J connectivity index is 1.90. The molecule has 3 nitrogen and oxygen atoms in total. The number of nitrogens with zero attached hydrogens (tertiary/aromatic N) is 1. The van der Waals surface area contributed by atoms with E-state index in [4.69, 9.17) is 5.73 Å². The molecule has 0 bridgehead atoms. The van der Waals surface area contributed by atoms with Crippen molar-refractivity contribution < 1.29 is 4.79 Å². The minimum Gasteiger partial charge on any atom is -0.399 e. The molecular weight excluding hydrogens is 224 g/mol. The normalized spacial score (nSPS) is 19.8. The van der Waals surface area contributed by atoms with Gasteiger partial charge in [-0.1, -0.05) is 18.2 Å². The van der Waals surface area contributed by atoms with Crippen molar-refractivity contribution >= 4 is 11.6 Å². The van der Waals surface area contributed by atoms with Gasteiger partial charge in [0.15, 0.2) is 0 Å². The summed E-state index contributed by atoms with van der Waals surface area (Å²) in [5.41, 5.74) is 7.76. The molecule has 1 aliphatic heterocycles. The van der Waals surface area contributed by atoms with Crippen LogP contribution in [0.5, 0.6) is 0 Å². The molecule has 3 heteroatoms. The van der Waals surface area contributed by atoms with Crippen LogP contribution in [0.4, 0.5) is 5.69 Å². The second-order valence-corrected chi connectivity index (χ2v) is 5.13. The number of carbonyl (C=O) groups is 1. The lowest BCUT2D eigenvalue weighted by Gasteiger charge is -2.33. The highest BCUT2D eigenvalue weighted by molar-refractivity contribution is 5.77. The van der Waals surface area contributed by atoms with Crippen LogP contribution >= 0.6 is 0 Å². The van der Waals surface area contributed by atoms with Crippen molar-refractivity contribution in [1.82, 2.24) is 4.90 Å². The van der Waals surface area contributed by atoms with Gasteiger partial charge in [0.05, 0.1) is 0 Å². The number of aryl methyl sites for hydroxylation is 1. The highest BCUT2D eigenvalue weighted by Gasteiger charge is 2.22. The molecule has 1 aromatic carbocycles. The average molecular weight is 246 g/mol. The summed E-state index contributed by atoms with van der Waals surface area (Å²) in [7, 11) is 0. The number of nitrogens with two attached hydrogens (primary N) is 1. The van der Waals surface area contributed by atoms with Gasteiger partial charge < -0.3 is 10.6 Å². The zero-order valence-corrected chi connectivity index (χ0v) is 11.1. The van der Waals surface area contributed by atoms with Crippen LogP contribution in [0.2, 0.25) is 0 Å². The van der Waals surface area contributed by atoms with E-state index in [1.165, 1.54) is 6.42 Å². The minimum absolute atomic E-state index is 0.269. The molecule has 1 aromatic rings. The maximum absolute atomic E-state index is 12.2. The minimum atomic E-state index is 0.269. The predicted octanol–water partition coefficient (Wildman–Crippen LogP) is 2.60. The van der Waals surface area contributed by atoms with Crippen molar-refractivity contribution in [2.45, 2.75) is 45.1 Å². The first-order valence-corrected chi connectivity index (χ1v) is 6.81. The molecular formula is C15H22N2O. The zero-order chi connectivity index (χ0) is 13.0. The Morgan fingerprint density at radius 3 is 2.89 bits per heavy atom. The summed E-state index contributed by atoms with van der Waals surface area (Å²) in [6, 6.07) is 8.19. The highest BCUT2D eigenvalue weighted by Crippen LogP contribution is 2.19. The van der Waals surface area contributed by atoms with Crippen molar-refractivity contribution in [2.24, 2.45) is 0 Å². The SMILES string of the molecule is CC1CCCCN1C(=O)CCc1ccccc1N. The Hall–Kier alpha value is -1.51. The summed E-state index contributed by atoms with van der Waals surface area (Å²) < 4.78 is 0. The van der Waals surface area contributed by atoms with Gasteiger partial charge in [-0.15, -0.1) is 0 Å². The van der Waals surface area contributed by atoms with E-state index in [0.29, 0.717) is 12.5 Å². The monoisotopic (exact) mass is 246 g/mol. The topological polar surface area (TPSA) is 46.3 Å². The number of para-hydroxylation sites is 1. The predicted molar refractivity (Wildman–Crippen MR) is 74.2 cm³/mol. The number of anilines is 1.